The second kappa shape index (κ2) is 6.65. The van der Waals surface area contributed by atoms with Crippen molar-refractivity contribution in [1.29, 1.82) is 0 Å². The third-order valence-electron chi connectivity index (χ3n) is 4.31. The maximum Gasteiger partial charge on any atom is 0.335 e. The van der Waals surface area contributed by atoms with Gasteiger partial charge in [0.1, 0.15) is 0 Å². The Bertz CT molecular complexity index is 677. The largest absolute Gasteiger partial charge is 0.478 e. The Hall–Kier alpha value is -2.97. The molecule has 1 saturated carbocycles. The molecule has 2 rings (SSSR count). The second-order valence-electron chi connectivity index (χ2n) is 5.87. The summed E-state index contributed by atoms with van der Waals surface area (Å²) in [5, 5.41) is 22.4. The lowest BCUT2D eigenvalue weighted by Gasteiger charge is -2.25. The maximum atomic E-state index is 12.2. The van der Waals surface area contributed by atoms with E-state index in [1.165, 1.54) is 0 Å². The number of hydrogen-bond donors (Lipinski definition) is 3. The molecule has 4 N–H and O–H groups in total. The van der Waals surface area contributed by atoms with Gasteiger partial charge in [0, 0.05) is 24.2 Å². The number of nitrogens with two attached hydrogens (primary N) is 1. The van der Waals surface area contributed by atoms with Crippen LogP contribution in [0.1, 0.15) is 46.4 Å². The van der Waals surface area contributed by atoms with Crippen molar-refractivity contribution in [1.82, 2.24) is 5.32 Å². The smallest absolute Gasteiger partial charge is 0.335 e. The van der Waals surface area contributed by atoms with Crippen molar-refractivity contribution >= 4 is 23.5 Å². The highest BCUT2D eigenvalue weighted by Crippen LogP contribution is 2.37. The number of nitro benzene ring substituents is 1. The molecule has 9 nitrogen and oxygen atoms in total. The summed E-state index contributed by atoms with van der Waals surface area (Å²) in [4.78, 5) is 45.0. The molecule has 0 saturated heterocycles. The molecule has 128 valence electrons. The number of carbonyl (C=O) groups excluding carboxylic acids is 2. The van der Waals surface area contributed by atoms with Crippen LogP contribution in [-0.2, 0) is 4.79 Å². The fraction of sp³-hybridized carbons (Fsp3) is 0.400. The lowest BCUT2D eigenvalue weighted by molar-refractivity contribution is -0.384. The Morgan fingerprint density at radius 1 is 1.21 bits per heavy atom. The molecule has 1 fully saturated rings. The van der Waals surface area contributed by atoms with E-state index in [0.717, 1.165) is 31.0 Å². The summed E-state index contributed by atoms with van der Waals surface area (Å²) in [6.07, 6.45) is 2.80. The van der Waals surface area contributed by atoms with Gasteiger partial charge in [-0.15, -0.1) is 0 Å². The molecule has 24 heavy (non-hydrogen) atoms. The number of non-ortho nitro benzene ring substituents is 1. The number of hydrogen-bond acceptors (Lipinski definition) is 5. The average molecular weight is 335 g/mol. The van der Waals surface area contributed by atoms with Gasteiger partial charge in [-0.1, -0.05) is 12.8 Å². The van der Waals surface area contributed by atoms with Crippen LogP contribution >= 0.6 is 0 Å². The number of carboxylic acids is 1. The molecule has 9 heteroatoms. The van der Waals surface area contributed by atoms with Gasteiger partial charge in [-0.25, -0.2) is 4.79 Å². The number of aromatic carboxylic acids is 1. The van der Waals surface area contributed by atoms with Crippen LogP contribution in [0.2, 0.25) is 0 Å². The van der Waals surface area contributed by atoms with Gasteiger partial charge in [-0.2, -0.15) is 0 Å². The van der Waals surface area contributed by atoms with Crippen LogP contribution < -0.4 is 11.1 Å². The van der Waals surface area contributed by atoms with E-state index in [1.807, 2.05) is 0 Å². The minimum atomic E-state index is -1.38. The number of carbonyl (C=O) groups is 3. The van der Waals surface area contributed by atoms with E-state index >= 15 is 0 Å². The molecule has 1 aliphatic rings. The molecule has 0 bridgehead atoms. The van der Waals surface area contributed by atoms with Crippen LogP contribution in [0.3, 0.4) is 0 Å². The summed E-state index contributed by atoms with van der Waals surface area (Å²) in [6.45, 7) is 0.0201. The molecule has 1 aliphatic carbocycles. The Morgan fingerprint density at radius 2 is 1.79 bits per heavy atom. The van der Waals surface area contributed by atoms with Crippen LogP contribution in [0.15, 0.2) is 18.2 Å². The highest BCUT2D eigenvalue weighted by molar-refractivity contribution is 5.98. The van der Waals surface area contributed by atoms with Gasteiger partial charge in [0.15, 0.2) is 0 Å². The van der Waals surface area contributed by atoms with Crippen molar-refractivity contribution < 1.29 is 24.4 Å². The Balaban J connectivity index is 2.21. The lowest BCUT2D eigenvalue weighted by Crippen LogP contribution is -2.44. The van der Waals surface area contributed by atoms with Crippen LogP contribution in [0.25, 0.3) is 0 Å². The first-order chi connectivity index (χ1) is 11.2. The van der Waals surface area contributed by atoms with Crippen LogP contribution in [-0.4, -0.2) is 34.4 Å². The van der Waals surface area contributed by atoms with Gasteiger partial charge in [-0.3, -0.25) is 19.7 Å². The highest BCUT2D eigenvalue weighted by Gasteiger charge is 2.39. The van der Waals surface area contributed by atoms with Crippen molar-refractivity contribution in [2.75, 3.05) is 6.54 Å². The predicted molar refractivity (Wildman–Crippen MR) is 82.5 cm³/mol. The standard InChI is InChI=1S/C15H17N3O6/c16-14(22)15(3-1-2-4-15)8-17-12(19)9-5-10(13(20)21)7-11(6-9)18(23)24/h5-7H,1-4,8H2,(H2,16,22)(H,17,19)(H,20,21). The molecule has 1 aromatic rings. The first-order valence-electron chi connectivity index (χ1n) is 7.36. The molecule has 1 aromatic carbocycles. The number of primary amides is 1. The number of benzene rings is 1. The van der Waals surface area contributed by atoms with Crippen molar-refractivity contribution in [3.63, 3.8) is 0 Å². The minimum Gasteiger partial charge on any atom is -0.478 e. The number of nitro groups is 1. The number of nitrogens with one attached hydrogen (secondary N) is 1. The molecule has 0 atom stereocenters. The monoisotopic (exact) mass is 335 g/mol. The molecular weight excluding hydrogens is 318 g/mol. The van der Waals surface area contributed by atoms with Crippen molar-refractivity contribution in [2.24, 2.45) is 11.1 Å². The Labute approximate surface area is 137 Å². The number of rotatable bonds is 6. The maximum absolute atomic E-state index is 12.2. The third-order valence-corrected chi connectivity index (χ3v) is 4.31. The molecule has 2 amide bonds. The predicted octanol–water partition coefficient (Wildman–Crippen LogP) is 1.07. The summed E-state index contributed by atoms with van der Waals surface area (Å²) in [5.74, 6) is -2.56. The highest BCUT2D eigenvalue weighted by atomic mass is 16.6. The summed E-state index contributed by atoms with van der Waals surface area (Å²) < 4.78 is 0. The normalized spacial score (nSPS) is 15.7. The molecule has 0 radical (unpaired) electrons. The molecule has 0 spiro atoms. The quantitative estimate of drug-likeness (QED) is 0.522. The Kier molecular flexibility index (Phi) is 4.82. The number of amides is 2. The van der Waals surface area contributed by atoms with E-state index in [9.17, 15) is 24.5 Å². The van der Waals surface area contributed by atoms with E-state index < -0.39 is 33.8 Å². The minimum absolute atomic E-state index is 0.0201. The van der Waals surface area contributed by atoms with Crippen molar-refractivity contribution in [2.45, 2.75) is 25.7 Å². The van der Waals surface area contributed by atoms with Crippen LogP contribution in [0.4, 0.5) is 5.69 Å². The number of nitrogens with zero attached hydrogens (tertiary/aromatic N) is 1. The average Bonchev–Trinajstić information content (AvgIpc) is 3.02. The molecule has 0 unspecified atom stereocenters. The van der Waals surface area contributed by atoms with Crippen LogP contribution in [0, 0.1) is 15.5 Å². The number of carboxylic acid groups (broad SMARTS) is 1. The molecule has 0 heterocycles. The van der Waals surface area contributed by atoms with Crippen LogP contribution in [0.5, 0.6) is 0 Å². The first kappa shape index (κ1) is 17.4. The SMILES string of the molecule is NC(=O)C1(CNC(=O)c2cc(C(=O)O)cc([N+](=O)[O-])c2)CCCC1. The molecular formula is C15H17N3O6. The van der Waals surface area contributed by atoms with Gasteiger partial charge in [0.25, 0.3) is 11.6 Å². The summed E-state index contributed by atoms with van der Waals surface area (Å²) >= 11 is 0. The summed E-state index contributed by atoms with van der Waals surface area (Å²) in [6, 6.07) is 2.92. The van der Waals surface area contributed by atoms with E-state index in [4.69, 9.17) is 10.8 Å². The van der Waals surface area contributed by atoms with Gasteiger partial charge in [0.2, 0.25) is 5.91 Å². The van der Waals surface area contributed by atoms with Gasteiger partial charge in [-0.05, 0) is 18.9 Å². The van der Waals surface area contributed by atoms with Gasteiger partial charge < -0.3 is 16.2 Å². The zero-order valence-corrected chi connectivity index (χ0v) is 12.8. The zero-order chi connectivity index (χ0) is 17.9. The lowest BCUT2D eigenvalue weighted by atomic mass is 9.85. The van der Waals surface area contributed by atoms with E-state index in [1.54, 1.807) is 0 Å². The van der Waals surface area contributed by atoms with E-state index in [-0.39, 0.29) is 17.7 Å². The van der Waals surface area contributed by atoms with E-state index in [0.29, 0.717) is 12.8 Å². The summed E-state index contributed by atoms with van der Waals surface area (Å²) in [7, 11) is 0. The summed E-state index contributed by atoms with van der Waals surface area (Å²) in [5.41, 5.74) is 3.60. The first-order valence-corrected chi connectivity index (χ1v) is 7.36. The zero-order valence-electron chi connectivity index (χ0n) is 12.8. The topological polar surface area (TPSA) is 153 Å². The van der Waals surface area contributed by atoms with Gasteiger partial charge >= 0.3 is 5.97 Å². The van der Waals surface area contributed by atoms with E-state index in [2.05, 4.69) is 5.32 Å². The molecule has 0 aliphatic heterocycles. The second-order valence-corrected chi connectivity index (χ2v) is 5.87. The van der Waals surface area contributed by atoms with Gasteiger partial charge in [0.05, 0.1) is 15.9 Å². The Morgan fingerprint density at radius 3 is 2.29 bits per heavy atom. The fourth-order valence-corrected chi connectivity index (χ4v) is 2.88. The fourth-order valence-electron chi connectivity index (χ4n) is 2.88. The molecule has 0 aromatic heterocycles. The third kappa shape index (κ3) is 3.50. The van der Waals surface area contributed by atoms with Crippen molar-refractivity contribution in [3.05, 3.63) is 39.4 Å². The van der Waals surface area contributed by atoms with Crippen molar-refractivity contribution in [3.8, 4) is 0 Å².